The second-order valence-electron chi connectivity index (χ2n) is 10.1. The molecule has 0 spiro atoms. The first-order chi connectivity index (χ1) is 18.7. The third kappa shape index (κ3) is 4.82. The van der Waals surface area contributed by atoms with Gasteiger partial charge in [0.25, 0.3) is 0 Å². The van der Waals surface area contributed by atoms with Gasteiger partial charge in [0.1, 0.15) is 12.4 Å². The lowest BCUT2D eigenvalue weighted by Crippen LogP contribution is -2.27. The SMILES string of the molecule is CCc1ccc(C2CC(=O)C3=C(C2)Nc2ccccc2NC3c2ccccc2OCc2ccccc2)cc1. The summed E-state index contributed by atoms with van der Waals surface area (Å²) in [5.74, 6) is 1.10. The molecule has 4 heteroatoms. The van der Waals surface area contributed by atoms with E-state index >= 15 is 0 Å². The summed E-state index contributed by atoms with van der Waals surface area (Å²) >= 11 is 0. The normalized spacial score (nSPS) is 18.5. The van der Waals surface area contributed by atoms with Crippen LogP contribution in [0.4, 0.5) is 11.4 Å². The minimum Gasteiger partial charge on any atom is -0.489 e. The average Bonchev–Trinajstić information content (AvgIpc) is 3.14. The minimum atomic E-state index is -0.316. The Bertz CT molecular complexity index is 1470. The van der Waals surface area contributed by atoms with Crippen molar-refractivity contribution in [1.29, 1.82) is 0 Å². The number of Topliss-reactive ketones (excluding diaryl/α,β-unsaturated/α-hetero) is 1. The van der Waals surface area contributed by atoms with Crippen LogP contribution in [0.5, 0.6) is 5.75 Å². The van der Waals surface area contributed by atoms with Gasteiger partial charge in [0, 0.05) is 23.3 Å². The van der Waals surface area contributed by atoms with Gasteiger partial charge in [-0.25, -0.2) is 0 Å². The van der Waals surface area contributed by atoms with Gasteiger partial charge in [0.15, 0.2) is 5.78 Å². The molecule has 4 nitrogen and oxygen atoms in total. The molecule has 0 bridgehead atoms. The smallest absolute Gasteiger partial charge is 0.163 e. The zero-order chi connectivity index (χ0) is 25.9. The number of nitrogens with one attached hydrogen (secondary N) is 2. The van der Waals surface area contributed by atoms with E-state index in [2.05, 4.69) is 72.2 Å². The highest BCUT2D eigenvalue weighted by Gasteiger charge is 2.37. The van der Waals surface area contributed by atoms with Gasteiger partial charge < -0.3 is 15.4 Å². The average molecular weight is 501 g/mol. The molecule has 4 aromatic rings. The van der Waals surface area contributed by atoms with Gasteiger partial charge in [-0.3, -0.25) is 4.79 Å². The van der Waals surface area contributed by atoms with Crippen LogP contribution in [0.1, 0.15) is 54.0 Å². The van der Waals surface area contributed by atoms with Crippen LogP contribution >= 0.6 is 0 Å². The summed E-state index contributed by atoms with van der Waals surface area (Å²) in [6.07, 6.45) is 2.29. The first kappa shape index (κ1) is 24.1. The lowest BCUT2D eigenvalue weighted by atomic mass is 9.78. The number of carbonyl (C=O) groups is 1. The molecule has 0 aromatic heterocycles. The van der Waals surface area contributed by atoms with Gasteiger partial charge in [-0.2, -0.15) is 0 Å². The predicted octanol–water partition coefficient (Wildman–Crippen LogP) is 7.81. The highest BCUT2D eigenvalue weighted by atomic mass is 16.5. The number of allylic oxidation sites excluding steroid dienone is 1. The Hall–Kier alpha value is -4.31. The van der Waals surface area contributed by atoms with Crippen molar-refractivity contribution in [1.82, 2.24) is 0 Å². The van der Waals surface area contributed by atoms with Crippen LogP contribution in [-0.2, 0) is 17.8 Å². The maximum Gasteiger partial charge on any atom is 0.163 e. The number of rotatable bonds is 6. The van der Waals surface area contributed by atoms with E-state index in [9.17, 15) is 4.79 Å². The molecule has 38 heavy (non-hydrogen) atoms. The molecule has 1 heterocycles. The molecule has 1 aliphatic carbocycles. The Morgan fingerprint density at radius 1 is 0.763 bits per heavy atom. The second kappa shape index (κ2) is 10.6. The Morgan fingerprint density at radius 3 is 2.26 bits per heavy atom. The minimum absolute atomic E-state index is 0.148. The number of anilines is 2. The largest absolute Gasteiger partial charge is 0.489 e. The number of aryl methyl sites for hydroxylation is 1. The quantitative estimate of drug-likeness (QED) is 0.283. The summed E-state index contributed by atoms with van der Waals surface area (Å²) in [4.78, 5) is 13.9. The standard InChI is InChI=1S/C34H32N2O2/c1-2-23-16-18-25(19-17-23)26-20-30-33(31(37)21-26)34(36-29-14-8-7-13-28(29)35-30)27-12-6-9-15-32(27)38-22-24-10-4-3-5-11-24/h3-19,26,34-36H,2,20-22H2,1H3. The summed E-state index contributed by atoms with van der Waals surface area (Å²) in [5.41, 5.74) is 8.36. The molecule has 190 valence electrons. The van der Waals surface area contributed by atoms with E-state index in [1.165, 1.54) is 11.1 Å². The zero-order valence-electron chi connectivity index (χ0n) is 21.6. The molecule has 2 N–H and O–H groups in total. The highest BCUT2D eigenvalue weighted by Crippen LogP contribution is 2.45. The lowest BCUT2D eigenvalue weighted by molar-refractivity contribution is -0.116. The van der Waals surface area contributed by atoms with Crippen molar-refractivity contribution in [3.05, 3.63) is 137 Å². The number of ether oxygens (including phenoxy) is 1. The van der Waals surface area contributed by atoms with E-state index in [0.717, 1.165) is 52.4 Å². The van der Waals surface area contributed by atoms with Crippen molar-refractivity contribution < 1.29 is 9.53 Å². The third-order valence-corrected chi connectivity index (χ3v) is 7.64. The van der Waals surface area contributed by atoms with E-state index in [-0.39, 0.29) is 17.7 Å². The molecule has 4 aromatic carbocycles. The van der Waals surface area contributed by atoms with Crippen molar-refractivity contribution in [2.24, 2.45) is 0 Å². The highest BCUT2D eigenvalue weighted by molar-refractivity contribution is 6.01. The summed E-state index contributed by atoms with van der Waals surface area (Å²) in [7, 11) is 0. The van der Waals surface area contributed by atoms with Crippen molar-refractivity contribution in [3.8, 4) is 5.75 Å². The van der Waals surface area contributed by atoms with E-state index in [0.29, 0.717) is 13.0 Å². The van der Waals surface area contributed by atoms with Crippen LogP contribution in [0.2, 0.25) is 0 Å². The first-order valence-electron chi connectivity index (χ1n) is 13.4. The van der Waals surface area contributed by atoms with Gasteiger partial charge in [-0.05, 0) is 53.6 Å². The predicted molar refractivity (Wildman–Crippen MR) is 153 cm³/mol. The van der Waals surface area contributed by atoms with Crippen molar-refractivity contribution in [3.63, 3.8) is 0 Å². The van der Waals surface area contributed by atoms with Gasteiger partial charge in [0.2, 0.25) is 0 Å². The van der Waals surface area contributed by atoms with Crippen molar-refractivity contribution >= 4 is 17.2 Å². The molecule has 0 amide bonds. The monoisotopic (exact) mass is 500 g/mol. The fourth-order valence-electron chi connectivity index (χ4n) is 5.57. The molecule has 2 atom stereocenters. The molecule has 0 saturated heterocycles. The molecule has 2 unspecified atom stereocenters. The van der Waals surface area contributed by atoms with E-state index in [1.807, 2.05) is 48.5 Å². The van der Waals surface area contributed by atoms with E-state index in [4.69, 9.17) is 4.74 Å². The van der Waals surface area contributed by atoms with Crippen molar-refractivity contribution in [2.75, 3.05) is 10.6 Å². The first-order valence-corrected chi connectivity index (χ1v) is 13.4. The molecule has 6 rings (SSSR count). The van der Waals surface area contributed by atoms with E-state index in [1.54, 1.807) is 0 Å². The van der Waals surface area contributed by atoms with Crippen molar-refractivity contribution in [2.45, 2.75) is 44.8 Å². The summed E-state index contributed by atoms with van der Waals surface area (Å²) in [6.45, 7) is 2.63. The number of hydrogen-bond donors (Lipinski definition) is 2. The van der Waals surface area contributed by atoms with E-state index < -0.39 is 0 Å². The van der Waals surface area contributed by atoms with Gasteiger partial charge in [-0.1, -0.05) is 91.9 Å². The Labute approximate surface area is 224 Å². The van der Waals surface area contributed by atoms with Gasteiger partial charge >= 0.3 is 0 Å². The number of hydrogen-bond acceptors (Lipinski definition) is 4. The summed E-state index contributed by atoms with van der Waals surface area (Å²) in [5, 5.41) is 7.34. The summed E-state index contributed by atoms with van der Waals surface area (Å²) < 4.78 is 6.34. The Morgan fingerprint density at radius 2 is 1.47 bits per heavy atom. The van der Waals surface area contributed by atoms with Crippen LogP contribution in [0.15, 0.2) is 114 Å². The molecule has 1 aliphatic heterocycles. The Kier molecular flexibility index (Phi) is 6.70. The lowest BCUT2D eigenvalue weighted by Gasteiger charge is -2.30. The second-order valence-corrected chi connectivity index (χ2v) is 10.1. The molecule has 0 radical (unpaired) electrons. The van der Waals surface area contributed by atoms with Crippen LogP contribution in [0.3, 0.4) is 0 Å². The van der Waals surface area contributed by atoms with Crippen LogP contribution in [0, 0.1) is 0 Å². The van der Waals surface area contributed by atoms with Crippen LogP contribution in [0.25, 0.3) is 0 Å². The number of benzene rings is 4. The van der Waals surface area contributed by atoms with Crippen LogP contribution in [-0.4, -0.2) is 5.78 Å². The summed E-state index contributed by atoms with van der Waals surface area (Å²) in [6, 6.07) is 34.8. The molecule has 0 fully saturated rings. The Balaban J connectivity index is 1.39. The number of ketones is 1. The maximum absolute atomic E-state index is 13.9. The van der Waals surface area contributed by atoms with Crippen LogP contribution < -0.4 is 15.4 Å². The molecular formula is C34H32N2O2. The van der Waals surface area contributed by atoms with Gasteiger partial charge in [-0.15, -0.1) is 0 Å². The maximum atomic E-state index is 13.9. The zero-order valence-corrected chi connectivity index (χ0v) is 21.6. The van der Waals surface area contributed by atoms with Gasteiger partial charge in [0.05, 0.1) is 17.4 Å². The number of carbonyl (C=O) groups excluding carboxylic acids is 1. The third-order valence-electron chi connectivity index (χ3n) is 7.64. The number of fused-ring (bicyclic) bond motifs is 1. The fraction of sp³-hybridized carbons (Fsp3) is 0.206. The molecule has 2 aliphatic rings. The fourth-order valence-corrected chi connectivity index (χ4v) is 5.57. The number of para-hydroxylation sites is 3. The molecule has 0 saturated carbocycles. The topological polar surface area (TPSA) is 50.4 Å². The molecular weight excluding hydrogens is 468 g/mol.